The van der Waals surface area contributed by atoms with E-state index in [0.29, 0.717) is 55.7 Å². The average Bonchev–Trinajstić information content (AvgIpc) is 2.95. The number of carbonyl (C=O) groups is 2. The molecule has 1 saturated heterocycles. The second kappa shape index (κ2) is 13.6. The summed E-state index contributed by atoms with van der Waals surface area (Å²) in [6.45, 7) is 5.55. The Morgan fingerprint density at radius 2 is 1.60 bits per heavy atom. The highest BCUT2D eigenvalue weighted by Gasteiger charge is 2.26. The van der Waals surface area contributed by atoms with Gasteiger partial charge >= 0.3 is 12.0 Å². The molecule has 0 aliphatic carbocycles. The Hall–Kier alpha value is -4.42. The van der Waals surface area contributed by atoms with Crippen LogP contribution in [0.25, 0.3) is 11.4 Å². The molecule has 1 aliphatic rings. The van der Waals surface area contributed by atoms with Crippen LogP contribution in [0.2, 0.25) is 0 Å². The molecule has 40 heavy (non-hydrogen) atoms. The minimum absolute atomic E-state index is 0.142. The van der Waals surface area contributed by atoms with Crippen molar-refractivity contribution >= 4 is 29.2 Å². The Bertz CT molecular complexity index is 1290. The zero-order chi connectivity index (χ0) is 28.5. The van der Waals surface area contributed by atoms with Gasteiger partial charge in [0, 0.05) is 36.6 Å². The molecule has 2 aromatic carbocycles. The lowest BCUT2D eigenvalue weighted by Crippen LogP contribution is -2.37. The fourth-order valence-electron chi connectivity index (χ4n) is 3.96. The van der Waals surface area contributed by atoms with Gasteiger partial charge in [-0.15, -0.1) is 0 Å². The molecule has 212 valence electrons. The number of hydrogen-bond donors (Lipinski definition) is 3. The number of benzene rings is 2. The zero-order valence-electron chi connectivity index (χ0n) is 22.8. The van der Waals surface area contributed by atoms with Crippen LogP contribution in [0.15, 0.2) is 48.5 Å². The third-order valence-corrected chi connectivity index (χ3v) is 5.97. The normalized spacial score (nSPS) is 13.2. The summed E-state index contributed by atoms with van der Waals surface area (Å²) in [5.41, 5.74) is 1.55. The molecule has 12 heteroatoms. The number of carboxylic acid groups (broad SMARTS) is 1. The van der Waals surface area contributed by atoms with Gasteiger partial charge in [0.05, 0.1) is 19.8 Å². The van der Waals surface area contributed by atoms with E-state index in [0.717, 1.165) is 12.3 Å². The number of carboxylic acids is 1. The molecule has 12 nitrogen and oxygen atoms in total. The summed E-state index contributed by atoms with van der Waals surface area (Å²) in [5.74, 6) is 0.325. The maximum absolute atomic E-state index is 12.5. The predicted molar refractivity (Wildman–Crippen MR) is 152 cm³/mol. The van der Waals surface area contributed by atoms with E-state index in [1.807, 2.05) is 23.9 Å². The first-order valence-electron chi connectivity index (χ1n) is 13.0. The van der Waals surface area contributed by atoms with Gasteiger partial charge in [-0.2, -0.15) is 0 Å². The van der Waals surface area contributed by atoms with E-state index in [9.17, 15) is 14.7 Å². The molecule has 0 spiro atoms. The smallest absolute Gasteiger partial charge is 0.358 e. The maximum atomic E-state index is 12.5. The second-order valence-electron chi connectivity index (χ2n) is 9.22. The Morgan fingerprint density at radius 3 is 2.17 bits per heavy atom. The summed E-state index contributed by atoms with van der Waals surface area (Å²) < 4.78 is 16.8. The van der Waals surface area contributed by atoms with E-state index >= 15 is 0 Å². The summed E-state index contributed by atoms with van der Waals surface area (Å²) in [6, 6.07) is 13.6. The maximum Gasteiger partial charge on any atom is 0.358 e. The highest BCUT2D eigenvalue weighted by molar-refractivity contribution is 6.00. The lowest BCUT2D eigenvalue weighted by Gasteiger charge is -2.29. The summed E-state index contributed by atoms with van der Waals surface area (Å²) in [7, 11) is 3.96. The SMILES string of the molecule is CCOc1c(C(=O)O)nc(-c2ccc(NC(=O)Nc3ccc(OCCN(C)C)cc3)cc2)nc1N1CCOCC1. The monoisotopic (exact) mass is 550 g/mol. The van der Waals surface area contributed by atoms with Crippen LogP contribution in [0.1, 0.15) is 17.4 Å². The molecule has 0 unspecified atom stereocenters. The van der Waals surface area contributed by atoms with Crippen LogP contribution in [0.3, 0.4) is 0 Å². The summed E-state index contributed by atoms with van der Waals surface area (Å²) in [5, 5.41) is 15.4. The lowest BCUT2D eigenvalue weighted by atomic mass is 10.2. The highest BCUT2D eigenvalue weighted by Crippen LogP contribution is 2.33. The molecule has 1 aliphatic heterocycles. The molecular weight excluding hydrogens is 516 g/mol. The van der Waals surface area contributed by atoms with Crippen molar-refractivity contribution < 1.29 is 28.9 Å². The molecule has 3 N–H and O–H groups in total. The average molecular weight is 551 g/mol. The predicted octanol–water partition coefficient (Wildman–Crippen LogP) is 3.66. The number of anilines is 3. The topological polar surface area (TPSA) is 138 Å². The molecule has 0 saturated carbocycles. The van der Waals surface area contributed by atoms with Crippen LogP contribution >= 0.6 is 0 Å². The molecular formula is C28H34N6O6. The van der Waals surface area contributed by atoms with E-state index in [1.54, 1.807) is 55.5 Å². The lowest BCUT2D eigenvalue weighted by molar-refractivity contribution is 0.0685. The number of rotatable bonds is 11. The van der Waals surface area contributed by atoms with Crippen LogP contribution in [0.4, 0.5) is 22.0 Å². The molecule has 1 aromatic heterocycles. The number of aromatic carboxylic acids is 1. The first kappa shape index (κ1) is 28.6. The van der Waals surface area contributed by atoms with Gasteiger partial charge in [-0.3, -0.25) is 0 Å². The van der Waals surface area contributed by atoms with Gasteiger partial charge in [-0.25, -0.2) is 19.6 Å². The highest BCUT2D eigenvalue weighted by atomic mass is 16.5. The third kappa shape index (κ3) is 7.58. The number of urea groups is 1. The van der Waals surface area contributed by atoms with Crippen molar-refractivity contribution in [2.24, 2.45) is 0 Å². The number of morpholine rings is 1. The van der Waals surface area contributed by atoms with Crippen molar-refractivity contribution in [2.45, 2.75) is 6.92 Å². The van der Waals surface area contributed by atoms with Crippen molar-refractivity contribution in [2.75, 3.05) is 75.7 Å². The van der Waals surface area contributed by atoms with E-state index in [-0.39, 0.29) is 23.9 Å². The number of likely N-dealkylation sites (N-methyl/N-ethyl adjacent to an activating group) is 1. The Morgan fingerprint density at radius 1 is 0.975 bits per heavy atom. The number of amides is 2. The van der Waals surface area contributed by atoms with Gasteiger partial charge in [0.1, 0.15) is 12.4 Å². The molecule has 3 aromatic rings. The van der Waals surface area contributed by atoms with E-state index < -0.39 is 12.0 Å². The van der Waals surface area contributed by atoms with Gasteiger partial charge in [-0.05, 0) is 69.6 Å². The van der Waals surface area contributed by atoms with Gasteiger partial charge < -0.3 is 39.8 Å². The Balaban J connectivity index is 1.45. The number of carbonyl (C=O) groups excluding carboxylic acids is 1. The van der Waals surface area contributed by atoms with Gasteiger partial charge in [0.15, 0.2) is 23.1 Å². The standard InChI is InChI=1S/C28H34N6O6/c1-4-39-24-23(27(35)36)31-25(32-26(24)34-14-16-38-17-15-34)19-5-7-20(8-6-19)29-28(37)30-21-9-11-22(12-10-21)40-18-13-33(2)3/h5-12H,4,13-18H2,1-3H3,(H,35,36)(H2,29,30,37). The molecule has 0 bridgehead atoms. The second-order valence-corrected chi connectivity index (χ2v) is 9.22. The summed E-state index contributed by atoms with van der Waals surface area (Å²) >= 11 is 0. The summed E-state index contributed by atoms with van der Waals surface area (Å²) in [4.78, 5) is 37.5. The molecule has 4 rings (SSSR count). The Labute approximate surface area is 232 Å². The zero-order valence-corrected chi connectivity index (χ0v) is 22.8. The van der Waals surface area contributed by atoms with Crippen molar-refractivity contribution in [3.05, 3.63) is 54.2 Å². The minimum atomic E-state index is -1.20. The van der Waals surface area contributed by atoms with Crippen LogP contribution in [0, 0.1) is 0 Å². The summed E-state index contributed by atoms with van der Waals surface area (Å²) in [6.07, 6.45) is 0. The van der Waals surface area contributed by atoms with Crippen LogP contribution in [-0.2, 0) is 4.74 Å². The van der Waals surface area contributed by atoms with Crippen molar-refractivity contribution in [1.82, 2.24) is 14.9 Å². The fourth-order valence-corrected chi connectivity index (χ4v) is 3.96. The van der Waals surface area contributed by atoms with Crippen molar-refractivity contribution in [3.63, 3.8) is 0 Å². The van der Waals surface area contributed by atoms with E-state index in [2.05, 4.69) is 20.6 Å². The molecule has 0 atom stereocenters. The number of nitrogens with one attached hydrogen (secondary N) is 2. The van der Waals surface area contributed by atoms with Crippen LogP contribution < -0.4 is 25.0 Å². The number of ether oxygens (including phenoxy) is 3. The first-order chi connectivity index (χ1) is 19.3. The van der Waals surface area contributed by atoms with Crippen molar-refractivity contribution in [1.29, 1.82) is 0 Å². The number of hydrogen-bond acceptors (Lipinski definition) is 9. The Kier molecular flexibility index (Phi) is 9.71. The molecule has 0 radical (unpaired) electrons. The van der Waals surface area contributed by atoms with E-state index in [4.69, 9.17) is 14.2 Å². The largest absolute Gasteiger partial charge is 0.492 e. The van der Waals surface area contributed by atoms with Gasteiger partial charge in [0.2, 0.25) is 0 Å². The number of aromatic nitrogens is 2. The quantitative estimate of drug-likeness (QED) is 0.324. The molecule has 2 heterocycles. The number of nitrogens with zero attached hydrogens (tertiary/aromatic N) is 4. The molecule has 2 amide bonds. The van der Waals surface area contributed by atoms with Gasteiger partial charge in [-0.1, -0.05) is 0 Å². The fraction of sp³-hybridized carbons (Fsp3) is 0.357. The molecule has 1 fully saturated rings. The van der Waals surface area contributed by atoms with Crippen LogP contribution in [-0.4, -0.2) is 92.1 Å². The minimum Gasteiger partial charge on any atom is -0.492 e. The van der Waals surface area contributed by atoms with Crippen LogP contribution in [0.5, 0.6) is 11.5 Å². The van der Waals surface area contributed by atoms with Gasteiger partial charge in [0.25, 0.3) is 0 Å². The first-order valence-corrected chi connectivity index (χ1v) is 13.0. The third-order valence-electron chi connectivity index (χ3n) is 5.97. The van der Waals surface area contributed by atoms with Crippen molar-refractivity contribution in [3.8, 4) is 22.9 Å². The van der Waals surface area contributed by atoms with E-state index in [1.165, 1.54) is 0 Å².